The van der Waals surface area contributed by atoms with Crippen LogP contribution in [0.5, 0.6) is 0 Å². The van der Waals surface area contributed by atoms with Crippen LogP contribution in [0.4, 0.5) is 26.3 Å². The fourth-order valence-corrected chi connectivity index (χ4v) is 15.7. The molecule has 0 amide bonds. The van der Waals surface area contributed by atoms with Gasteiger partial charge in [0.05, 0.1) is 0 Å². The fourth-order valence-electron chi connectivity index (χ4n) is 6.77. The van der Waals surface area contributed by atoms with Crippen LogP contribution in [-0.2, 0) is 44.4 Å². The molecule has 2 aliphatic rings. The zero-order valence-corrected chi connectivity index (χ0v) is 32.6. The second kappa shape index (κ2) is 14.4. The van der Waals surface area contributed by atoms with E-state index in [0.29, 0.717) is 17.5 Å². The Kier molecular flexibility index (Phi) is 11.5. The minimum Gasteiger partial charge on any atom is -1.00 e. The number of hydrogen-bond acceptors (Lipinski definition) is 0. The summed E-state index contributed by atoms with van der Waals surface area (Å²) in [5.41, 5.74) is 6.52. The molecule has 0 aromatic heterocycles. The fraction of sp³-hybridized carbons (Fsp3) is 0.293. The topological polar surface area (TPSA) is 0 Å². The standard InChI is InChI=1S/C21H25.C15H8F6.C5H5.2ClH.Zr/c1-20(2,3)16-7-9-18-14(12-16)11-15-13-17(21(4,5)6)8-10-19(15)18;16-14(17,18)12-5-1-10(2-6-12)9-11-3-7-13(8-4-11)15(19,20)21;1-2-4-5-3-1;;;/h7-13H,1-6H3;1-8H;1-3H,4H2;2*1H;/q;;;;;+2/p-2. The van der Waals surface area contributed by atoms with Gasteiger partial charge in [-0.05, 0) is 0 Å². The predicted octanol–water partition coefficient (Wildman–Crippen LogP) is 6.13. The van der Waals surface area contributed by atoms with E-state index in [1.165, 1.54) is 49.8 Å². The number of rotatable bonds is 4. The minimum absolute atomic E-state index is 0. The zero-order chi connectivity index (χ0) is 34.8. The SMILES string of the molecule is CC(C)(C)c1ccc2c(c1)[CH]([Zr+2]([C]1=CC=CC1)=[C](c1ccc(C(F)(F)F)cc1)c1ccc(C(F)(F)F)cc1)c1cc(C(C)(C)C)ccc1-2.[Cl-].[Cl-]. The van der Waals surface area contributed by atoms with E-state index in [2.05, 4.69) is 90.1 Å². The minimum atomic E-state index is -4.51. The van der Waals surface area contributed by atoms with Gasteiger partial charge in [0.15, 0.2) is 0 Å². The van der Waals surface area contributed by atoms with Crippen LogP contribution in [0.2, 0.25) is 0 Å². The quantitative estimate of drug-likeness (QED) is 0.218. The Hall–Kier alpha value is -2.73. The molecule has 0 nitrogen and oxygen atoms in total. The largest absolute Gasteiger partial charge is 1.00 e. The number of fused-ring (bicyclic) bond motifs is 3. The van der Waals surface area contributed by atoms with Crippen LogP contribution in [0, 0.1) is 0 Å². The van der Waals surface area contributed by atoms with Crippen LogP contribution >= 0.6 is 0 Å². The third kappa shape index (κ3) is 7.86. The maximum atomic E-state index is 13.7. The predicted molar refractivity (Wildman–Crippen MR) is 179 cm³/mol. The molecule has 0 radical (unpaired) electrons. The molecular weight excluding hydrogens is 769 g/mol. The molecule has 50 heavy (non-hydrogen) atoms. The van der Waals surface area contributed by atoms with E-state index in [9.17, 15) is 26.3 Å². The van der Waals surface area contributed by atoms with E-state index in [1.54, 1.807) is 0 Å². The van der Waals surface area contributed by atoms with Gasteiger partial charge in [-0.1, -0.05) is 0 Å². The molecule has 9 heteroatoms. The normalized spacial score (nSPS) is 14.2. The van der Waals surface area contributed by atoms with Gasteiger partial charge in [-0.15, -0.1) is 0 Å². The van der Waals surface area contributed by atoms with E-state index in [1.807, 2.05) is 6.08 Å². The van der Waals surface area contributed by atoms with Gasteiger partial charge < -0.3 is 24.8 Å². The molecule has 0 N–H and O–H groups in total. The Morgan fingerprint density at radius 1 is 0.560 bits per heavy atom. The number of halogens is 8. The number of hydrogen-bond donors (Lipinski definition) is 0. The molecule has 0 atom stereocenters. The van der Waals surface area contributed by atoms with Gasteiger partial charge in [0.25, 0.3) is 0 Å². The molecule has 0 aliphatic heterocycles. The summed E-state index contributed by atoms with van der Waals surface area (Å²) in [6, 6.07) is 23.8. The van der Waals surface area contributed by atoms with Crippen molar-refractivity contribution in [3.8, 4) is 11.1 Å². The Morgan fingerprint density at radius 2 is 0.940 bits per heavy atom. The van der Waals surface area contributed by atoms with E-state index in [-0.39, 0.29) is 39.3 Å². The van der Waals surface area contributed by atoms with E-state index in [0.717, 1.165) is 38.6 Å². The molecule has 262 valence electrons. The van der Waals surface area contributed by atoms with Crippen LogP contribution in [0.3, 0.4) is 0 Å². The first-order chi connectivity index (χ1) is 22.3. The average Bonchev–Trinajstić information content (AvgIpc) is 3.64. The van der Waals surface area contributed by atoms with Crippen LogP contribution < -0.4 is 24.8 Å². The molecule has 0 bridgehead atoms. The number of alkyl halides is 6. The summed E-state index contributed by atoms with van der Waals surface area (Å²) in [5, 5.41) is 0. The van der Waals surface area contributed by atoms with E-state index < -0.39 is 44.7 Å². The van der Waals surface area contributed by atoms with Gasteiger partial charge in [0, 0.05) is 0 Å². The molecule has 6 rings (SSSR count). The summed E-state index contributed by atoms with van der Waals surface area (Å²) in [5.74, 6) is 0. The van der Waals surface area contributed by atoms with E-state index >= 15 is 0 Å². The molecular formula is C41H38Cl2F6Zr. The van der Waals surface area contributed by atoms with Crippen molar-refractivity contribution in [3.05, 3.63) is 151 Å². The van der Waals surface area contributed by atoms with Crippen molar-refractivity contribution in [1.29, 1.82) is 0 Å². The molecule has 0 saturated heterocycles. The summed E-state index contributed by atoms with van der Waals surface area (Å²) in [7, 11) is 0. The van der Waals surface area contributed by atoms with Crippen LogP contribution in [0.15, 0.2) is 106 Å². The third-order valence-electron chi connectivity index (χ3n) is 9.42. The molecule has 0 spiro atoms. The van der Waals surface area contributed by atoms with Crippen molar-refractivity contribution in [1.82, 2.24) is 0 Å². The number of allylic oxidation sites excluding steroid dienone is 4. The van der Waals surface area contributed by atoms with Crippen molar-refractivity contribution < 1.29 is 72.4 Å². The van der Waals surface area contributed by atoms with Crippen LogP contribution in [0.25, 0.3) is 11.1 Å². The smallest absolute Gasteiger partial charge is 1.00 e. The van der Waals surface area contributed by atoms with Gasteiger partial charge >= 0.3 is 288 Å². The first kappa shape index (κ1) is 40.0. The van der Waals surface area contributed by atoms with Gasteiger partial charge in [-0.3, -0.25) is 0 Å². The molecule has 0 heterocycles. The van der Waals surface area contributed by atoms with Crippen molar-refractivity contribution in [2.24, 2.45) is 0 Å². The summed E-state index contributed by atoms with van der Waals surface area (Å²) in [4.78, 5) is 0. The third-order valence-corrected chi connectivity index (χ3v) is 17.7. The maximum absolute atomic E-state index is 13.7. The first-order valence-electron chi connectivity index (χ1n) is 16.1. The maximum Gasteiger partial charge on any atom is -1.00 e. The summed E-state index contributed by atoms with van der Waals surface area (Å²) in [6.45, 7) is 13.1. The van der Waals surface area contributed by atoms with Crippen molar-refractivity contribution in [2.75, 3.05) is 0 Å². The van der Waals surface area contributed by atoms with Crippen molar-refractivity contribution in [3.63, 3.8) is 0 Å². The number of benzene rings is 4. The van der Waals surface area contributed by atoms with Gasteiger partial charge in [0.2, 0.25) is 0 Å². The molecule has 0 unspecified atom stereocenters. The van der Waals surface area contributed by atoms with Gasteiger partial charge in [0.1, 0.15) is 0 Å². The van der Waals surface area contributed by atoms with Crippen molar-refractivity contribution >= 4 is 3.21 Å². The zero-order valence-electron chi connectivity index (χ0n) is 28.6. The van der Waals surface area contributed by atoms with Crippen LogP contribution in [-0.4, -0.2) is 3.21 Å². The Morgan fingerprint density at radius 3 is 1.26 bits per heavy atom. The monoisotopic (exact) mass is 804 g/mol. The van der Waals surface area contributed by atoms with E-state index in [4.69, 9.17) is 0 Å². The van der Waals surface area contributed by atoms with Gasteiger partial charge in [-0.2, -0.15) is 0 Å². The summed E-state index contributed by atoms with van der Waals surface area (Å²) >= 11 is -3.37. The second-order valence-corrected chi connectivity index (χ2v) is 21.1. The Bertz CT molecular complexity index is 1850. The first-order valence-corrected chi connectivity index (χ1v) is 20.0. The Balaban J connectivity index is 0.00000281. The Labute approximate surface area is 310 Å². The molecule has 4 aromatic rings. The van der Waals surface area contributed by atoms with Crippen molar-refractivity contribution in [2.45, 2.75) is 74.8 Å². The summed E-state index contributed by atoms with van der Waals surface area (Å²) < 4.78 is 84.5. The summed E-state index contributed by atoms with van der Waals surface area (Å²) in [6.07, 6.45) is -2.05. The molecule has 2 aliphatic carbocycles. The van der Waals surface area contributed by atoms with Gasteiger partial charge in [-0.25, -0.2) is 0 Å². The van der Waals surface area contributed by atoms with Crippen LogP contribution in [0.1, 0.15) is 96.1 Å². The molecule has 0 saturated carbocycles. The molecule has 0 fully saturated rings. The molecule has 4 aromatic carbocycles. The average molecular weight is 807 g/mol. The second-order valence-electron chi connectivity index (χ2n) is 14.8.